The van der Waals surface area contributed by atoms with E-state index in [9.17, 15) is 23.5 Å². The monoisotopic (exact) mass is 342 g/mol. The van der Waals surface area contributed by atoms with Crippen LogP contribution in [0.1, 0.15) is 32.8 Å². The van der Waals surface area contributed by atoms with E-state index in [0.29, 0.717) is 12.5 Å². The normalized spacial score (nSPS) is 13.7. The van der Waals surface area contributed by atoms with E-state index in [2.05, 4.69) is 0 Å². The van der Waals surface area contributed by atoms with Crippen molar-refractivity contribution in [1.29, 1.82) is 0 Å². The number of benzene rings is 1. The topological polar surface area (TPSA) is 83.6 Å². The molecule has 1 aromatic rings. The first kappa shape index (κ1) is 20.2. The molecule has 0 aliphatic rings. The van der Waals surface area contributed by atoms with Crippen molar-refractivity contribution in [1.82, 2.24) is 4.90 Å². The molecular weight excluding hydrogens is 318 g/mol. The molecule has 7 heteroatoms. The maximum atomic E-state index is 13.3. The van der Waals surface area contributed by atoms with Gasteiger partial charge in [-0.25, -0.2) is 8.78 Å². The number of nitrogens with two attached hydrogens (primary N) is 1. The molecule has 3 N–H and O–H groups in total. The first-order valence-electron chi connectivity index (χ1n) is 7.83. The highest BCUT2D eigenvalue weighted by molar-refractivity contribution is 5.98. The van der Waals surface area contributed by atoms with Gasteiger partial charge in [-0.2, -0.15) is 0 Å². The zero-order valence-electron chi connectivity index (χ0n) is 14.1. The minimum absolute atomic E-state index is 0.112. The lowest BCUT2D eigenvalue weighted by Gasteiger charge is -2.31. The van der Waals surface area contributed by atoms with Gasteiger partial charge in [0.15, 0.2) is 0 Å². The van der Waals surface area contributed by atoms with Crippen LogP contribution in [-0.4, -0.2) is 40.5 Å². The molecule has 2 amide bonds. The fourth-order valence-corrected chi connectivity index (χ4v) is 2.50. The van der Waals surface area contributed by atoms with E-state index in [1.807, 2.05) is 13.8 Å². The van der Waals surface area contributed by atoms with Crippen LogP contribution < -0.4 is 5.73 Å². The van der Waals surface area contributed by atoms with Crippen LogP contribution in [-0.2, 0) is 16.0 Å². The van der Waals surface area contributed by atoms with Crippen LogP contribution in [0.4, 0.5) is 8.78 Å². The van der Waals surface area contributed by atoms with Crippen LogP contribution in [0.15, 0.2) is 18.2 Å². The average Bonchev–Trinajstić information content (AvgIpc) is 2.44. The van der Waals surface area contributed by atoms with Crippen molar-refractivity contribution in [3.63, 3.8) is 0 Å². The molecule has 0 radical (unpaired) electrons. The number of aliphatic hydroxyl groups excluding tert-OH is 1. The highest BCUT2D eigenvalue weighted by atomic mass is 19.1. The van der Waals surface area contributed by atoms with Gasteiger partial charge >= 0.3 is 0 Å². The molecule has 1 unspecified atom stereocenters. The fourth-order valence-electron chi connectivity index (χ4n) is 2.50. The van der Waals surface area contributed by atoms with Gasteiger partial charge in [0, 0.05) is 6.07 Å². The fraction of sp³-hybridized carbons (Fsp3) is 0.529. The largest absolute Gasteiger partial charge is 0.394 e. The quantitative estimate of drug-likeness (QED) is 0.789. The zero-order valence-corrected chi connectivity index (χ0v) is 14.1. The van der Waals surface area contributed by atoms with E-state index in [4.69, 9.17) is 5.73 Å². The number of rotatable bonds is 7. The standard InChI is InChI=1S/C17H24F2N2O3/c1-10(2)4-15(9-22)21(17(24)11(3)20)16(23)7-12-5-13(18)8-14(19)6-12/h5-6,8,10-11,15,22H,4,7,9,20H2,1-3H3/t11?,15-/m0/s1. The van der Waals surface area contributed by atoms with E-state index >= 15 is 0 Å². The summed E-state index contributed by atoms with van der Waals surface area (Å²) in [4.78, 5) is 25.8. The van der Waals surface area contributed by atoms with Crippen LogP contribution in [0.3, 0.4) is 0 Å². The van der Waals surface area contributed by atoms with Crippen molar-refractivity contribution in [2.75, 3.05) is 6.61 Å². The van der Waals surface area contributed by atoms with Crippen molar-refractivity contribution in [2.24, 2.45) is 11.7 Å². The third-order valence-corrected chi connectivity index (χ3v) is 3.49. The van der Waals surface area contributed by atoms with E-state index in [0.717, 1.165) is 17.0 Å². The summed E-state index contributed by atoms with van der Waals surface area (Å²) < 4.78 is 26.5. The summed E-state index contributed by atoms with van der Waals surface area (Å²) in [5.41, 5.74) is 5.71. The van der Waals surface area contributed by atoms with E-state index in [-0.39, 0.29) is 17.9 Å². The Morgan fingerprint density at radius 3 is 2.12 bits per heavy atom. The lowest BCUT2D eigenvalue weighted by atomic mass is 10.0. The highest BCUT2D eigenvalue weighted by Crippen LogP contribution is 2.16. The molecule has 0 aromatic heterocycles. The van der Waals surface area contributed by atoms with Crippen molar-refractivity contribution in [3.05, 3.63) is 35.4 Å². The van der Waals surface area contributed by atoms with Crippen LogP contribution in [0.5, 0.6) is 0 Å². The predicted octanol–water partition coefficient (Wildman–Crippen LogP) is 1.62. The van der Waals surface area contributed by atoms with Gasteiger partial charge in [0.2, 0.25) is 11.8 Å². The van der Waals surface area contributed by atoms with E-state index < -0.39 is 42.1 Å². The Morgan fingerprint density at radius 2 is 1.71 bits per heavy atom. The maximum absolute atomic E-state index is 13.3. The summed E-state index contributed by atoms with van der Waals surface area (Å²) in [5, 5.41) is 9.57. The van der Waals surface area contributed by atoms with E-state index in [1.165, 1.54) is 6.92 Å². The van der Waals surface area contributed by atoms with Crippen molar-refractivity contribution in [2.45, 2.75) is 45.7 Å². The Balaban J connectivity index is 3.08. The molecule has 5 nitrogen and oxygen atoms in total. The number of nitrogens with zero attached hydrogens (tertiary/aromatic N) is 1. The van der Waals surface area contributed by atoms with Crippen LogP contribution >= 0.6 is 0 Å². The van der Waals surface area contributed by atoms with Gasteiger partial charge in [-0.3, -0.25) is 14.5 Å². The summed E-state index contributed by atoms with van der Waals surface area (Å²) in [6.45, 7) is 4.82. The smallest absolute Gasteiger partial charge is 0.246 e. The minimum atomic E-state index is -0.931. The molecule has 0 spiro atoms. The number of imide groups is 1. The maximum Gasteiger partial charge on any atom is 0.246 e. The molecule has 0 heterocycles. The Labute approximate surface area is 140 Å². The van der Waals surface area contributed by atoms with Crippen LogP contribution in [0.2, 0.25) is 0 Å². The van der Waals surface area contributed by atoms with Crippen molar-refractivity contribution >= 4 is 11.8 Å². The average molecular weight is 342 g/mol. The summed E-state index contributed by atoms with van der Waals surface area (Å²) in [7, 11) is 0. The van der Waals surface area contributed by atoms with Crippen molar-refractivity contribution in [3.8, 4) is 0 Å². The highest BCUT2D eigenvalue weighted by Gasteiger charge is 2.31. The van der Waals surface area contributed by atoms with Gasteiger partial charge < -0.3 is 10.8 Å². The molecule has 1 aromatic carbocycles. The number of carbonyl (C=O) groups is 2. The number of hydrogen-bond donors (Lipinski definition) is 2. The molecule has 0 saturated carbocycles. The van der Waals surface area contributed by atoms with Crippen molar-refractivity contribution < 1.29 is 23.5 Å². The molecular formula is C17H24F2N2O3. The lowest BCUT2D eigenvalue weighted by Crippen LogP contribution is -2.52. The first-order chi connectivity index (χ1) is 11.1. The number of halogens is 2. The van der Waals surface area contributed by atoms with Crippen LogP contribution in [0.25, 0.3) is 0 Å². The number of hydrogen-bond acceptors (Lipinski definition) is 4. The van der Waals surface area contributed by atoms with Crippen LogP contribution in [0, 0.1) is 17.6 Å². The minimum Gasteiger partial charge on any atom is -0.394 e. The SMILES string of the molecule is CC(C)C[C@@H](CO)N(C(=O)Cc1cc(F)cc(F)c1)C(=O)C(C)N. The van der Waals surface area contributed by atoms with Gasteiger partial charge in [0.05, 0.1) is 25.1 Å². The second-order valence-corrected chi connectivity index (χ2v) is 6.31. The predicted molar refractivity (Wildman–Crippen MR) is 85.9 cm³/mol. The van der Waals surface area contributed by atoms with Gasteiger partial charge in [-0.1, -0.05) is 13.8 Å². The van der Waals surface area contributed by atoms with Gasteiger partial charge in [-0.15, -0.1) is 0 Å². The Kier molecular flexibility index (Phi) is 7.44. The molecule has 134 valence electrons. The van der Waals surface area contributed by atoms with Gasteiger partial charge in [-0.05, 0) is 37.0 Å². The second kappa shape index (κ2) is 8.84. The number of aliphatic hydroxyl groups is 1. The molecule has 24 heavy (non-hydrogen) atoms. The summed E-state index contributed by atoms with van der Waals surface area (Å²) in [6.07, 6.45) is 0.0416. The van der Waals surface area contributed by atoms with Gasteiger partial charge in [0.25, 0.3) is 0 Å². The molecule has 0 aliphatic carbocycles. The summed E-state index contributed by atoms with van der Waals surface area (Å²) in [5.74, 6) is -2.75. The number of carbonyl (C=O) groups excluding carboxylic acids is 2. The molecule has 2 atom stereocenters. The molecule has 1 rings (SSSR count). The molecule has 0 fully saturated rings. The Hall–Kier alpha value is -1.86. The second-order valence-electron chi connectivity index (χ2n) is 6.31. The lowest BCUT2D eigenvalue weighted by molar-refractivity contribution is -0.149. The summed E-state index contributed by atoms with van der Waals surface area (Å²) >= 11 is 0. The summed E-state index contributed by atoms with van der Waals surface area (Å²) in [6, 6.07) is 1.11. The van der Waals surface area contributed by atoms with E-state index in [1.54, 1.807) is 0 Å². The zero-order chi connectivity index (χ0) is 18.4. The Bertz CT molecular complexity index is 571. The molecule has 0 aliphatic heterocycles. The number of amides is 2. The molecule has 0 bridgehead atoms. The van der Waals surface area contributed by atoms with Gasteiger partial charge in [0.1, 0.15) is 11.6 Å². The third kappa shape index (κ3) is 5.65. The molecule has 0 saturated heterocycles. The third-order valence-electron chi connectivity index (χ3n) is 3.49. The first-order valence-corrected chi connectivity index (χ1v) is 7.83. The Morgan fingerprint density at radius 1 is 1.17 bits per heavy atom.